The van der Waals surface area contributed by atoms with Crippen LogP contribution in [0.4, 0.5) is 0 Å². The van der Waals surface area contributed by atoms with Crippen molar-refractivity contribution >= 4 is 5.91 Å². The normalized spacial score (nSPS) is 16.6. The molecule has 2 N–H and O–H groups in total. The molecular formula is C20H24N2O2. The summed E-state index contributed by atoms with van der Waals surface area (Å²) in [4.78, 5) is 14.4. The lowest BCUT2D eigenvalue weighted by Crippen LogP contribution is -2.44. The number of nitrogens with two attached hydrogens (primary N) is 1. The lowest BCUT2D eigenvalue weighted by atomic mass is 9.96. The Bertz CT molecular complexity index is 637. The molecule has 1 unspecified atom stereocenters. The van der Waals surface area contributed by atoms with Gasteiger partial charge < -0.3 is 15.4 Å². The SMILES string of the molecule is NC(C(=O)N1CCC(COc2ccccc2)CC1)c1ccccc1. The Kier molecular flexibility index (Phi) is 5.49. The number of rotatable bonds is 5. The molecule has 0 aromatic heterocycles. The van der Waals surface area contributed by atoms with Gasteiger partial charge in [-0.2, -0.15) is 0 Å². The van der Waals surface area contributed by atoms with Gasteiger partial charge in [-0.1, -0.05) is 48.5 Å². The number of piperidine rings is 1. The van der Waals surface area contributed by atoms with Crippen LogP contribution < -0.4 is 10.5 Å². The quantitative estimate of drug-likeness (QED) is 0.920. The van der Waals surface area contributed by atoms with E-state index in [9.17, 15) is 4.79 Å². The van der Waals surface area contributed by atoms with Crippen LogP contribution in [0.3, 0.4) is 0 Å². The molecule has 0 saturated carbocycles. The van der Waals surface area contributed by atoms with Gasteiger partial charge in [0.15, 0.2) is 0 Å². The van der Waals surface area contributed by atoms with E-state index in [1.165, 1.54) is 0 Å². The van der Waals surface area contributed by atoms with Crippen LogP contribution >= 0.6 is 0 Å². The Morgan fingerprint density at radius 2 is 1.62 bits per heavy atom. The fraction of sp³-hybridized carbons (Fsp3) is 0.350. The summed E-state index contributed by atoms with van der Waals surface area (Å²) in [5.41, 5.74) is 7.00. The Balaban J connectivity index is 1.47. The molecular weight excluding hydrogens is 300 g/mol. The van der Waals surface area contributed by atoms with E-state index in [1.54, 1.807) is 0 Å². The molecule has 1 amide bonds. The zero-order valence-electron chi connectivity index (χ0n) is 13.8. The molecule has 1 saturated heterocycles. The van der Waals surface area contributed by atoms with E-state index in [4.69, 9.17) is 10.5 Å². The summed E-state index contributed by atoms with van der Waals surface area (Å²) in [5, 5.41) is 0. The second kappa shape index (κ2) is 7.97. The van der Waals surface area contributed by atoms with Gasteiger partial charge in [-0.05, 0) is 36.5 Å². The molecule has 3 rings (SSSR count). The fourth-order valence-electron chi connectivity index (χ4n) is 3.05. The summed E-state index contributed by atoms with van der Waals surface area (Å²) in [6.07, 6.45) is 1.92. The van der Waals surface area contributed by atoms with Gasteiger partial charge in [0.25, 0.3) is 0 Å². The monoisotopic (exact) mass is 324 g/mol. The Morgan fingerprint density at radius 1 is 1.04 bits per heavy atom. The van der Waals surface area contributed by atoms with Crippen LogP contribution in [0, 0.1) is 5.92 Å². The predicted octanol–water partition coefficient (Wildman–Crippen LogP) is 3.00. The molecule has 1 atom stereocenters. The highest BCUT2D eigenvalue weighted by Gasteiger charge is 2.27. The highest BCUT2D eigenvalue weighted by molar-refractivity contribution is 5.83. The molecule has 1 fully saturated rings. The number of likely N-dealkylation sites (tertiary alicyclic amines) is 1. The third-order valence-electron chi connectivity index (χ3n) is 4.58. The molecule has 2 aromatic rings. The van der Waals surface area contributed by atoms with Crippen molar-refractivity contribution in [2.45, 2.75) is 18.9 Å². The standard InChI is InChI=1S/C20H24N2O2/c21-19(17-7-3-1-4-8-17)20(23)22-13-11-16(12-14-22)15-24-18-9-5-2-6-10-18/h1-10,16,19H,11-15,21H2. The topological polar surface area (TPSA) is 55.6 Å². The fourth-order valence-corrected chi connectivity index (χ4v) is 3.05. The first-order chi connectivity index (χ1) is 11.7. The van der Waals surface area contributed by atoms with Gasteiger partial charge in [-0.25, -0.2) is 0 Å². The van der Waals surface area contributed by atoms with E-state index >= 15 is 0 Å². The van der Waals surface area contributed by atoms with E-state index in [2.05, 4.69) is 0 Å². The number of nitrogens with zero attached hydrogens (tertiary/aromatic N) is 1. The molecule has 0 spiro atoms. The van der Waals surface area contributed by atoms with Gasteiger partial charge in [-0.15, -0.1) is 0 Å². The van der Waals surface area contributed by atoms with Crippen molar-refractivity contribution in [3.63, 3.8) is 0 Å². The predicted molar refractivity (Wildman–Crippen MR) is 94.6 cm³/mol. The smallest absolute Gasteiger partial charge is 0.244 e. The van der Waals surface area contributed by atoms with E-state index in [1.807, 2.05) is 65.6 Å². The van der Waals surface area contributed by atoms with E-state index in [-0.39, 0.29) is 5.91 Å². The third-order valence-corrected chi connectivity index (χ3v) is 4.58. The summed E-state index contributed by atoms with van der Waals surface area (Å²) in [6.45, 7) is 2.21. The summed E-state index contributed by atoms with van der Waals surface area (Å²) in [6, 6.07) is 18.9. The molecule has 2 aromatic carbocycles. The third kappa shape index (κ3) is 4.15. The average molecular weight is 324 g/mol. The van der Waals surface area contributed by atoms with Crippen molar-refractivity contribution in [1.82, 2.24) is 4.90 Å². The highest BCUT2D eigenvalue weighted by atomic mass is 16.5. The zero-order valence-corrected chi connectivity index (χ0v) is 13.8. The largest absolute Gasteiger partial charge is 0.493 e. The van der Waals surface area contributed by atoms with E-state index < -0.39 is 6.04 Å². The molecule has 1 heterocycles. The number of hydrogen-bond donors (Lipinski definition) is 1. The Morgan fingerprint density at radius 3 is 2.25 bits per heavy atom. The van der Waals surface area contributed by atoms with Crippen molar-refractivity contribution in [2.24, 2.45) is 11.7 Å². The van der Waals surface area contributed by atoms with Crippen LogP contribution in [0.15, 0.2) is 60.7 Å². The van der Waals surface area contributed by atoms with Gasteiger partial charge >= 0.3 is 0 Å². The maximum absolute atomic E-state index is 12.6. The van der Waals surface area contributed by atoms with Crippen molar-refractivity contribution in [3.8, 4) is 5.75 Å². The molecule has 0 bridgehead atoms. The van der Waals surface area contributed by atoms with Crippen LogP contribution in [-0.4, -0.2) is 30.5 Å². The van der Waals surface area contributed by atoms with Gasteiger partial charge in [0.1, 0.15) is 11.8 Å². The Hall–Kier alpha value is -2.33. The molecule has 1 aliphatic heterocycles. The van der Waals surface area contributed by atoms with Crippen LogP contribution in [-0.2, 0) is 4.79 Å². The second-order valence-corrected chi connectivity index (χ2v) is 6.28. The minimum Gasteiger partial charge on any atom is -0.493 e. The van der Waals surface area contributed by atoms with Crippen LogP contribution in [0.25, 0.3) is 0 Å². The summed E-state index contributed by atoms with van der Waals surface area (Å²) >= 11 is 0. The van der Waals surface area contributed by atoms with Gasteiger partial charge in [0.2, 0.25) is 5.91 Å². The Labute approximate surface area is 143 Å². The number of amides is 1. The number of carbonyl (C=O) groups is 1. The minimum atomic E-state index is -0.566. The van der Waals surface area contributed by atoms with Crippen LogP contribution in [0.5, 0.6) is 5.75 Å². The molecule has 4 heteroatoms. The second-order valence-electron chi connectivity index (χ2n) is 6.28. The highest BCUT2D eigenvalue weighted by Crippen LogP contribution is 2.22. The first-order valence-electron chi connectivity index (χ1n) is 8.51. The lowest BCUT2D eigenvalue weighted by Gasteiger charge is -2.33. The first-order valence-corrected chi connectivity index (χ1v) is 8.51. The number of para-hydroxylation sites is 1. The minimum absolute atomic E-state index is 0.0172. The number of ether oxygens (including phenoxy) is 1. The van der Waals surface area contributed by atoms with Crippen molar-refractivity contribution in [3.05, 3.63) is 66.2 Å². The van der Waals surface area contributed by atoms with Gasteiger partial charge in [-0.3, -0.25) is 4.79 Å². The summed E-state index contributed by atoms with van der Waals surface area (Å²) < 4.78 is 5.83. The first kappa shape index (κ1) is 16.5. The summed E-state index contributed by atoms with van der Waals surface area (Å²) in [5.74, 6) is 1.41. The van der Waals surface area contributed by atoms with Crippen molar-refractivity contribution in [1.29, 1.82) is 0 Å². The van der Waals surface area contributed by atoms with Crippen molar-refractivity contribution < 1.29 is 9.53 Å². The number of hydrogen-bond acceptors (Lipinski definition) is 3. The average Bonchev–Trinajstić information content (AvgIpc) is 2.67. The lowest BCUT2D eigenvalue weighted by molar-refractivity contribution is -0.134. The summed E-state index contributed by atoms with van der Waals surface area (Å²) in [7, 11) is 0. The maximum atomic E-state index is 12.6. The molecule has 126 valence electrons. The molecule has 1 aliphatic rings. The van der Waals surface area contributed by atoms with E-state index in [0.29, 0.717) is 12.5 Å². The molecule has 24 heavy (non-hydrogen) atoms. The number of benzene rings is 2. The maximum Gasteiger partial charge on any atom is 0.244 e. The number of carbonyl (C=O) groups excluding carboxylic acids is 1. The van der Waals surface area contributed by atoms with Crippen molar-refractivity contribution in [2.75, 3.05) is 19.7 Å². The van der Waals surface area contributed by atoms with Gasteiger partial charge in [0.05, 0.1) is 6.61 Å². The van der Waals surface area contributed by atoms with Crippen LogP contribution in [0.1, 0.15) is 24.4 Å². The van der Waals surface area contributed by atoms with Crippen LogP contribution in [0.2, 0.25) is 0 Å². The molecule has 0 aliphatic carbocycles. The molecule has 0 radical (unpaired) electrons. The zero-order chi connectivity index (χ0) is 16.8. The van der Waals surface area contributed by atoms with Gasteiger partial charge in [0, 0.05) is 13.1 Å². The van der Waals surface area contributed by atoms with E-state index in [0.717, 1.165) is 37.2 Å². The molecule has 4 nitrogen and oxygen atoms in total.